The first-order valence-corrected chi connectivity index (χ1v) is 9.09. The van der Waals surface area contributed by atoms with Gasteiger partial charge in [0.25, 0.3) is 0 Å². The van der Waals surface area contributed by atoms with E-state index in [1.54, 1.807) is 26.0 Å². The summed E-state index contributed by atoms with van der Waals surface area (Å²) in [7, 11) is 0. The Bertz CT molecular complexity index is 925. The van der Waals surface area contributed by atoms with Gasteiger partial charge in [0.1, 0.15) is 10.7 Å². The van der Waals surface area contributed by atoms with Crippen molar-refractivity contribution >= 4 is 38.8 Å². The molecule has 3 rings (SSSR count). The summed E-state index contributed by atoms with van der Waals surface area (Å²) in [5.41, 5.74) is 1.25. The van der Waals surface area contributed by atoms with Gasteiger partial charge in [-0.25, -0.2) is 13.6 Å². The van der Waals surface area contributed by atoms with Crippen LogP contribution >= 0.6 is 11.3 Å². The first-order chi connectivity index (χ1) is 12.5. The third kappa shape index (κ3) is 3.99. The lowest BCUT2D eigenvalue weighted by atomic mass is 10.2. The second-order valence-corrected chi connectivity index (χ2v) is 6.15. The van der Waals surface area contributed by atoms with Crippen LogP contribution in [-0.4, -0.2) is 17.6 Å². The third-order valence-electron chi connectivity index (χ3n) is 3.40. The molecule has 0 bridgehead atoms. The molecule has 0 aliphatic rings. The standard InChI is InChI=1S/C17H14F2N2O2S.C2H6/c1-3-23-17(22)16-14(10-7-20-8-12(19)15(10)24-16)21-13-5-4-9(2)6-11(13)18;1-2/h4-8,21H,3H2,1-2H3;1-2H3. The predicted molar refractivity (Wildman–Crippen MR) is 101 cm³/mol. The van der Waals surface area contributed by atoms with E-state index in [-0.39, 0.29) is 21.9 Å². The number of fused-ring (bicyclic) bond motifs is 1. The van der Waals surface area contributed by atoms with E-state index >= 15 is 0 Å². The number of aryl methyl sites for hydroxylation is 1. The highest BCUT2D eigenvalue weighted by atomic mass is 32.1. The van der Waals surface area contributed by atoms with Crippen LogP contribution in [0.5, 0.6) is 0 Å². The summed E-state index contributed by atoms with van der Waals surface area (Å²) in [6.07, 6.45) is 2.51. The number of hydrogen-bond donors (Lipinski definition) is 1. The molecule has 7 heteroatoms. The zero-order chi connectivity index (χ0) is 19.3. The number of thiophene rings is 1. The molecule has 0 saturated carbocycles. The lowest BCUT2D eigenvalue weighted by Gasteiger charge is -2.09. The number of anilines is 2. The van der Waals surface area contributed by atoms with E-state index in [9.17, 15) is 13.6 Å². The van der Waals surface area contributed by atoms with Crippen molar-refractivity contribution in [3.63, 3.8) is 0 Å². The van der Waals surface area contributed by atoms with E-state index in [1.165, 1.54) is 12.3 Å². The van der Waals surface area contributed by atoms with E-state index in [0.29, 0.717) is 11.1 Å². The molecule has 1 N–H and O–H groups in total. The smallest absolute Gasteiger partial charge is 0.350 e. The molecule has 0 saturated heterocycles. The number of nitrogens with one attached hydrogen (secondary N) is 1. The topological polar surface area (TPSA) is 51.2 Å². The van der Waals surface area contributed by atoms with Gasteiger partial charge in [-0.3, -0.25) is 4.98 Å². The van der Waals surface area contributed by atoms with Crippen molar-refractivity contribution in [2.24, 2.45) is 0 Å². The van der Waals surface area contributed by atoms with Gasteiger partial charge >= 0.3 is 5.97 Å². The van der Waals surface area contributed by atoms with Crippen LogP contribution in [0.25, 0.3) is 10.1 Å². The number of esters is 1. The Kier molecular flexibility index (Phi) is 6.63. The first kappa shape index (κ1) is 19.8. The van der Waals surface area contributed by atoms with Gasteiger partial charge in [-0.1, -0.05) is 19.9 Å². The van der Waals surface area contributed by atoms with Gasteiger partial charge in [0.2, 0.25) is 0 Å². The number of hydrogen-bond acceptors (Lipinski definition) is 5. The maximum absolute atomic E-state index is 14.1. The lowest BCUT2D eigenvalue weighted by Crippen LogP contribution is -2.05. The molecule has 3 aromatic rings. The predicted octanol–water partition coefficient (Wildman–Crippen LogP) is 5.83. The molecule has 0 aliphatic carbocycles. The summed E-state index contributed by atoms with van der Waals surface area (Å²) in [6.45, 7) is 7.64. The molecule has 0 fully saturated rings. The van der Waals surface area contributed by atoms with Crippen LogP contribution in [0, 0.1) is 18.6 Å². The summed E-state index contributed by atoms with van der Waals surface area (Å²) in [6, 6.07) is 4.68. The van der Waals surface area contributed by atoms with E-state index in [0.717, 1.165) is 23.1 Å². The molecule has 0 radical (unpaired) electrons. The second kappa shape index (κ2) is 8.71. The largest absolute Gasteiger partial charge is 0.462 e. The van der Waals surface area contributed by atoms with Crippen molar-refractivity contribution in [2.75, 3.05) is 11.9 Å². The van der Waals surface area contributed by atoms with Gasteiger partial charge in [-0.05, 0) is 31.5 Å². The minimum Gasteiger partial charge on any atom is -0.462 e. The maximum atomic E-state index is 14.1. The number of benzene rings is 1. The van der Waals surface area contributed by atoms with Crippen molar-refractivity contribution in [3.8, 4) is 0 Å². The monoisotopic (exact) mass is 378 g/mol. The van der Waals surface area contributed by atoms with Crippen LogP contribution in [0.15, 0.2) is 30.6 Å². The summed E-state index contributed by atoms with van der Waals surface area (Å²) >= 11 is 0.952. The fourth-order valence-electron chi connectivity index (χ4n) is 2.30. The zero-order valence-electron chi connectivity index (χ0n) is 15.0. The Morgan fingerprint density at radius 2 is 1.96 bits per heavy atom. The van der Waals surface area contributed by atoms with Crippen LogP contribution in [0.4, 0.5) is 20.2 Å². The average Bonchev–Trinajstić information content (AvgIpc) is 2.99. The van der Waals surface area contributed by atoms with Gasteiger partial charge in [-0.15, -0.1) is 11.3 Å². The lowest BCUT2D eigenvalue weighted by molar-refractivity contribution is 0.0533. The molecular weight excluding hydrogens is 358 g/mol. The van der Waals surface area contributed by atoms with Crippen LogP contribution in [0.1, 0.15) is 36.0 Å². The molecule has 4 nitrogen and oxygen atoms in total. The molecular formula is C19H20F2N2O2S. The number of carbonyl (C=O) groups excluding carboxylic acids is 1. The third-order valence-corrected chi connectivity index (χ3v) is 4.59. The highest BCUT2D eigenvalue weighted by molar-refractivity contribution is 7.21. The van der Waals surface area contributed by atoms with Gasteiger partial charge in [0.15, 0.2) is 5.82 Å². The second-order valence-electron chi connectivity index (χ2n) is 5.13. The van der Waals surface area contributed by atoms with Crippen LogP contribution in [0.3, 0.4) is 0 Å². The van der Waals surface area contributed by atoms with Crippen LogP contribution in [-0.2, 0) is 4.74 Å². The first-order valence-electron chi connectivity index (χ1n) is 8.27. The fraction of sp³-hybridized carbons (Fsp3) is 0.263. The van der Waals surface area contributed by atoms with Crippen LogP contribution < -0.4 is 5.32 Å². The normalized spacial score (nSPS) is 10.2. The van der Waals surface area contributed by atoms with Crippen molar-refractivity contribution < 1.29 is 18.3 Å². The minimum absolute atomic E-state index is 0.179. The number of halogens is 2. The number of aromatic nitrogens is 1. The average molecular weight is 378 g/mol. The van der Waals surface area contributed by atoms with Crippen molar-refractivity contribution in [3.05, 3.63) is 52.7 Å². The Balaban J connectivity index is 0.00000117. The summed E-state index contributed by atoms with van der Waals surface area (Å²) in [5, 5.41) is 3.29. The fourth-order valence-corrected chi connectivity index (χ4v) is 3.33. The van der Waals surface area contributed by atoms with Gasteiger partial charge in [0, 0.05) is 11.6 Å². The number of pyridine rings is 1. The molecule has 138 valence electrons. The molecule has 2 heterocycles. The highest BCUT2D eigenvalue weighted by Gasteiger charge is 2.22. The summed E-state index contributed by atoms with van der Waals surface area (Å²) < 4.78 is 33.4. The number of carbonyl (C=O) groups is 1. The Morgan fingerprint density at radius 1 is 1.23 bits per heavy atom. The van der Waals surface area contributed by atoms with Crippen LogP contribution in [0.2, 0.25) is 0 Å². The number of rotatable bonds is 4. The Labute approximate surface area is 154 Å². The number of ether oxygens (including phenoxy) is 1. The minimum atomic E-state index is -0.590. The van der Waals surface area contributed by atoms with Crippen molar-refractivity contribution in [2.45, 2.75) is 27.7 Å². The number of nitrogens with zero attached hydrogens (tertiary/aromatic N) is 1. The molecule has 0 amide bonds. The highest BCUT2D eigenvalue weighted by Crippen LogP contribution is 2.39. The summed E-state index contributed by atoms with van der Waals surface area (Å²) in [5.74, 6) is -1.60. The van der Waals surface area contributed by atoms with E-state index in [2.05, 4.69) is 10.3 Å². The molecule has 0 unspecified atom stereocenters. The van der Waals surface area contributed by atoms with Crippen molar-refractivity contribution in [1.82, 2.24) is 4.98 Å². The molecule has 2 aromatic heterocycles. The van der Waals surface area contributed by atoms with Gasteiger partial charge in [-0.2, -0.15) is 0 Å². The van der Waals surface area contributed by atoms with Gasteiger partial charge in [0.05, 0.1) is 28.9 Å². The van der Waals surface area contributed by atoms with Gasteiger partial charge < -0.3 is 10.1 Å². The van der Waals surface area contributed by atoms with E-state index in [1.807, 2.05) is 13.8 Å². The Morgan fingerprint density at radius 3 is 2.62 bits per heavy atom. The maximum Gasteiger partial charge on any atom is 0.350 e. The molecule has 0 spiro atoms. The SMILES string of the molecule is CC.CCOC(=O)c1sc2c(F)cncc2c1Nc1ccc(C)cc1F. The van der Waals surface area contributed by atoms with E-state index < -0.39 is 17.6 Å². The Hall–Kier alpha value is -2.54. The van der Waals surface area contributed by atoms with E-state index in [4.69, 9.17) is 4.74 Å². The summed E-state index contributed by atoms with van der Waals surface area (Å²) in [4.78, 5) is 16.2. The molecule has 0 atom stereocenters. The molecule has 0 aliphatic heterocycles. The quantitative estimate of drug-likeness (QED) is 0.580. The van der Waals surface area contributed by atoms with Crippen molar-refractivity contribution in [1.29, 1.82) is 0 Å². The zero-order valence-corrected chi connectivity index (χ0v) is 15.8. The molecule has 26 heavy (non-hydrogen) atoms. The molecule has 1 aromatic carbocycles.